The average molecular weight is 564 g/mol. The van der Waals surface area contributed by atoms with Crippen LogP contribution in [0.5, 0.6) is 5.75 Å². The third-order valence-corrected chi connectivity index (χ3v) is 7.34. The van der Waals surface area contributed by atoms with Crippen LogP contribution in [0.4, 0.5) is 20.3 Å². The number of amides is 1. The number of fused-ring (bicyclic) bond motifs is 1. The van der Waals surface area contributed by atoms with Gasteiger partial charge in [0.05, 0.1) is 5.52 Å². The fourth-order valence-electron chi connectivity index (χ4n) is 5.05. The van der Waals surface area contributed by atoms with E-state index in [2.05, 4.69) is 38.4 Å². The van der Waals surface area contributed by atoms with E-state index in [9.17, 15) is 13.6 Å². The summed E-state index contributed by atoms with van der Waals surface area (Å²) in [5, 5.41) is 10.9. The lowest BCUT2D eigenvalue weighted by Gasteiger charge is -2.34. The summed E-state index contributed by atoms with van der Waals surface area (Å²) in [4.78, 5) is 18.2. The van der Waals surface area contributed by atoms with Gasteiger partial charge in [0.25, 0.3) is 5.91 Å². The molecule has 8 nitrogen and oxygen atoms in total. The topological polar surface area (TPSA) is 82.7 Å². The van der Waals surface area contributed by atoms with E-state index >= 15 is 0 Å². The van der Waals surface area contributed by atoms with Gasteiger partial charge >= 0.3 is 0 Å². The van der Waals surface area contributed by atoms with Crippen LogP contribution in [-0.4, -0.2) is 67.9 Å². The molecule has 10 heteroatoms. The number of aromatic nitrogens is 2. The first kappa shape index (κ1) is 28.5. The van der Waals surface area contributed by atoms with E-state index < -0.39 is 11.6 Å². The lowest BCUT2D eigenvalue weighted by molar-refractivity contribution is 0.102. The van der Waals surface area contributed by atoms with E-state index in [1.54, 1.807) is 25.3 Å². The Morgan fingerprint density at radius 3 is 2.54 bits per heavy atom. The van der Waals surface area contributed by atoms with E-state index in [-0.39, 0.29) is 12.5 Å². The van der Waals surface area contributed by atoms with Crippen LogP contribution >= 0.6 is 0 Å². The first-order valence-electron chi connectivity index (χ1n) is 13.8. The number of piperazine rings is 1. The zero-order valence-corrected chi connectivity index (χ0v) is 23.4. The second-order valence-corrected chi connectivity index (χ2v) is 10.4. The van der Waals surface area contributed by atoms with Gasteiger partial charge in [-0.25, -0.2) is 8.78 Å². The number of hydrogen-bond donors (Lipinski definition) is 2. The van der Waals surface area contributed by atoms with Crippen molar-refractivity contribution < 1.29 is 23.0 Å². The smallest absolute Gasteiger partial charge is 0.257 e. The minimum atomic E-state index is -0.659. The number of nitrogens with one attached hydrogen (secondary N) is 2. The maximum Gasteiger partial charge on any atom is 0.257 e. The van der Waals surface area contributed by atoms with E-state index in [1.165, 1.54) is 12.1 Å². The summed E-state index contributed by atoms with van der Waals surface area (Å²) >= 11 is 0. The Bertz CT molecular complexity index is 1480. The third-order valence-electron chi connectivity index (χ3n) is 7.34. The number of halogens is 2. The van der Waals surface area contributed by atoms with Crippen molar-refractivity contribution >= 4 is 28.3 Å². The first-order valence-corrected chi connectivity index (χ1v) is 13.8. The maximum atomic E-state index is 13.5. The quantitative estimate of drug-likeness (QED) is 0.238. The molecule has 1 aliphatic heterocycles. The van der Waals surface area contributed by atoms with E-state index in [0.717, 1.165) is 68.3 Å². The van der Waals surface area contributed by atoms with Gasteiger partial charge in [-0.2, -0.15) is 5.10 Å². The molecule has 0 spiro atoms. The van der Waals surface area contributed by atoms with Crippen LogP contribution in [0.3, 0.4) is 0 Å². The molecule has 0 atom stereocenters. The number of carbonyl (C=O) groups is 1. The van der Waals surface area contributed by atoms with Gasteiger partial charge < -0.3 is 24.6 Å². The number of ether oxygens (including phenoxy) is 2. The average Bonchev–Trinajstić information content (AvgIpc) is 3.35. The molecule has 216 valence electrons. The molecule has 4 aromatic rings. The highest BCUT2D eigenvalue weighted by molar-refractivity contribution is 6.09. The molecular formula is C31H35F2N5O3. The van der Waals surface area contributed by atoms with Crippen LogP contribution in [0.25, 0.3) is 10.9 Å². The Hall–Kier alpha value is -4.02. The van der Waals surface area contributed by atoms with Gasteiger partial charge in [-0.15, -0.1) is 0 Å². The molecule has 2 N–H and O–H groups in total. The number of hydrogen-bond acceptors (Lipinski definition) is 6. The summed E-state index contributed by atoms with van der Waals surface area (Å²) in [6.07, 6.45) is 2.57. The summed E-state index contributed by atoms with van der Waals surface area (Å²) < 4.78 is 38.1. The van der Waals surface area contributed by atoms with Crippen molar-refractivity contribution in [2.45, 2.75) is 25.9 Å². The summed E-state index contributed by atoms with van der Waals surface area (Å²) in [6.45, 7) is 4.57. The minimum Gasteiger partial charge on any atom is -0.489 e. The molecule has 41 heavy (non-hydrogen) atoms. The zero-order valence-electron chi connectivity index (χ0n) is 23.4. The molecule has 1 saturated heterocycles. The van der Waals surface area contributed by atoms with E-state index in [1.807, 2.05) is 12.1 Å². The van der Waals surface area contributed by atoms with Crippen molar-refractivity contribution in [2.24, 2.45) is 0 Å². The highest BCUT2D eigenvalue weighted by atomic mass is 19.1. The molecule has 0 radical (unpaired) electrons. The predicted octanol–water partition coefficient (Wildman–Crippen LogP) is 5.39. The highest BCUT2D eigenvalue weighted by Gasteiger charge is 2.19. The third kappa shape index (κ3) is 7.20. The van der Waals surface area contributed by atoms with E-state index in [4.69, 9.17) is 9.47 Å². The monoisotopic (exact) mass is 563 g/mol. The summed E-state index contributed by atoms with van der Waals surface area (Å²) in [5.74, 6) is -0.705. The molecule has 0 bridgehead atoms. The number of aromatic amines is 1. The maximum absolute atomic E-state index is 13.5. The number of likely N-dealkylation sites (N-methyl/N-ethyl adjacent to an activating group) is 1. The SMILES string of the molecule is COCCCCc1cc(N2CCN(C)CC2)ccc1C(=O)Nc1n[nH]c2ccc(OCc3cc(F)cc(F)c3)cc12. The fraction of sp³-hybridized carbons (Fsp3) is 0.355. The van der Waals surface area contributed by atoms with Crippen LogP contribution in [-0.2, 0) is 17.8 Å². The van der Waals surface area contributed by atoms with Crippen molar-refractivity contribution in [1.82, 2.24) is 15.1 Å². The number of anilines is 2. The highest BCUT2D eigenvalue weighted by Crippen LogP contribution is 2.28. The Labute approximate surface area is 238 Å². The van der Waals surface area contributed by atoms with Crippen LogP contribution in [0.15, 0.2) is 54.6 Å². The largest absolute Gasteiger partial charge is 0.489 e. The molecular weight excluding hydrogens is 528 g/mol. The Kier molecular flexibility index (Phi) is 9.11. The molecule has 1 fully saturated rings. The number of H-pyrrole nitrogens is 1. The van der Waals surface area contributed by atoms with Gasteiger partial charge in [-0.05, 0) is 86.0 Å². The number of benzene rings is 3. The standard InChI is InChI=1S/C31H35F2N5O3/c1-37-10-12-38(13-11-37)25-6-8-27(22(17-25)5-3-4-14-40-2)31(39)34-30-28-19-26(7-9-29(28)35-36-30)41-20-21-15-23(32)18-24(33)16-21/h6-9,15-19H,3-5,10-14,20H2,1-2H3,(H2,34,35,36,39). The molecule has 2 heterocycles. The molecule has 1 aliphatic rings. The van der Waals surface area contributed by atoms with Gasteiger partial charge in [0.15, 0.2) is 5.82 Å². The van der Waals surface area contributed by atoms with Crippen LogP contribution in [0, 0.1) is 11.6 Å². The van der Waals surface area contributed by atoms with Crippen LogP contribution < -0.4 is 15.0 Å². The number of nitrogens with zero attached hydrogens (tertiary/aromatic N) is 3. The summed E-state index contributed by atoms with van der Waals surface area (Å²) in [6, 6.07) is 14.6. The molecule has 3 aromatic carbocycles. The molecule has 1 amide bonds. The molecule has 0 unspecified atom stereocenters. The summed E-state index contributed by atoms with van der Waals surface area (Å²) in [5.41, 5.74) is 3.82. The van der Waals surface area contributed by atoms with E-state index in [0.29, 0.717) is 34.7 Å². The van der Waals surface area contributed by atoms with Crippen molar-refractivity contribution in [3.05, 3.63) is 82.9 Å². The fourth-order valence-corrected chi connectivity index (χ4v) is 5.05. The van der Waals surface area contributed by atoms with Crippen LogP contribution in [0.1, 0.15) is 34.3 Å². The zero-order chi connectivity index (χ0) is 28.8. The Morgan fingerprint density at radius 2 is 1.78 bits per heavy atom. The number of carbonyl (C=O) groups excluding carboxylic acids is 1. The molecule has 0 aliphatic carbocycles. The second-order valence-electron chi connectivity index (χ2n) is 10.4. The normalized spacial score (nSPS) is 14.0. The Balaban J connectivity index is 1.33. The van der Waals surface area contributed by atoms with Gasteiger partial charge in [0, 0.05) is 62.6 Å². The van der Waals surface area contributed by atoms with Gasteiger partial charge in [-0.3, -0.25) is 9.89 Å². The van der Waals surface area contributed by atoms with Gasteiger partial charge in [0.1, 0.15) is 24.0 Å². The molecule has 0 saturated carbocycles. The van der Waals surface area contributed by atoms with Crippen molar-refractivity contribution in [1.29, 1.82) is 0 Å². The van der Waals surface area contributed by atoms with Crippen LogP contribution in [0.2, 0.25) is 0 Å². The van der Waals surface area contributed by atoms with Crippen molar-refractivity contribution in [3.8, 4) is 5.75 Å². The number of methoxy groups -OCH3 is 1. The van der Waals surface area contributed by atoms with Gasteiger partial charge in [-0.1, -0.05) is 0 Å². The van der Waals surface area contributed by atoms with Gasteiger partial charge in [0.2, 0.25) is 0 Å². The lowest BCUT2D eigenvalue weighted by Crippen LogP contribution is -2.44. The summed E-state index contributed by atoms with van der Waals surface area (Å²) in [7, 11) is 3.82. The molecule has 5 rings (SSSR count). The molecule has 1 aromatic heterocycles. The minimum absolute atomic E-state index is 0.00812. The van der Waals surface area contributed by atoms with Crippen molar-refractivity contribution in [3.63, 3.8) is 0 Å². The second kappa shape index (κ2) is 13.1. The first-order chi connectivity index (χ1) is 19.9. The number of unbranched alkanes of at least 4 members (excludes halogenated alkanes) is 1. The number of aryl methyl sites for hydroxylation is 1. The Morgan fingerprint density at radius 1 is 1.00 bits per heavy atom. The predicted molar refractivity (Wildman–Crippen MR) is 156 cm³/mol. The van der Waals surface area contributed by atoms with Crippen molar-refractivity contribution in [2.75, 3.05) is 57.2 Å². The number of rotatable bonds is 11. The lowest BCUT2D eigenvalue weighted by atomic mass is 9.99.